The second kappa shape index (κ2) is 8.13. The van der Waals surface area contributed by atoms with Crippen molar-refractivity contribution >= 4 is 17.5 Å². The van der Waals surface area contributed by atoms with Gasteiger partial charge in [-0.2, -0.15) is 0 Å². The molecule has 1 aliphatic rings. The molecule has 0 bridgehead atoms. The summed E-state index contributed by atoms with van der Waals surface area (Å²) in [7, 11) is 0. The minimum atomic E-state index is -0.314. The summed E-state index contributed by atoms with van der Waals surface area (Å²) in [6.45, 7) is 10.2. The monoisotopic (exact) mass is 379 g/mol. The molecule has 0 spiro atoms. The Hall–Kier alpha value is -2.69. The van der Waals surface area contributed by atoms with Crippen LogP contribution in [0.5, 0.6) is 0 Å². The van der Waals surface area contributed by atoms with E-state index in [1.165, 1.54) is 11.8 Å². The van der Waals surface area contributed by atoms with E-state index in [4.69, 9.17) is 0 Å². The van der Waals surface area contributed by atoms with Crippen molar-refractivity contribution in [2.75, 3.05) is 18.4 Å². The van der Waals surface area contributed by atoms with Gasteiger partial charge in [-0.15, -0.1) is 0 Å². The number of carbonyl (C=O) groups is 2. The average Bonchev–Trinajstić information content (AvgIpc) is 2.68. The van der Waals surface area contributed by atoms with Crippen LogP contribution in [-0.2, 0) is 5.41 Å². The number of nitrogens with one attached hydrogen (secondary N) is 1. The van der Waals surface area contributed by atoms with Crippen LogP contribution in [-0.4, -0.2) is 34.8 Å². The maximum Gasteiger partial charge on any atom is 0.274 e. The van der Waals surface area contributed by atoms with Crippen LogP contribution >= 0.6 is 0 Å². The van der Waals surface area contributed by atoms with Gasteiger partial charge < -0.3 is 10.2 Å². The van der Waals surface area contributed by atoms with Crippen molar-refractivity contribution < 1.29 is 9.59 Å². The van der Waals surface area contributed by atoms with Gasteiger partial charge in [-0.05, 0) is 54.0 Å². The lowest BCUT2D eigenvalue weighted by molar-refractivity contribution is 0.0697. The van der Waals surface area contributed by atoms with E-state index in [1.807, 2.05) is 29.2 Å². The second-order valence-electron chi connectivity index (χ2n) is 8.69. The Morgan fingerprint density at radius 2 is 1.71 bits per heavy atom. The van der Waals surface area contributed by atoms with Gasteiger partial charge in [-0.1, -0.05) is 39.8 Å². The summed E-state index contributed by atoms with van der Waals surface area (Å²) in [6.07, 6.45) is 3.57. The topological polar surface area (TPSA) is 62.3 Å². The third-order valence-corrected chi connectivity index (χ3v) is 5.32. The third-order valence-electron chi connectivity index (χ3n) is 5.32. The molecule has 2 amide bonds. The maximum atomic E-state index is 12.7. The number of aromatic nitrogens is 1. The first-order chi connectivity index (χ1) is 13.2. The molecule has 28 heavy (non-hydrogen) atoms. The van der Waals surface area contributed by atoms with Gasteiger partial charge in [0.2, 0.25) is 0 Å². The molecule has 1 aromatic carbocycles. The highest BCUT2D eigenvalue weighted by atomic mass is 16.2. The third kappa shape index (κ3) is 4.77. The molecule has 2 heterocycles. The van der Waals surface area contributed by atoms with Crippen LogP contribution in [0.2, 0.25) is 0 Å². The van der Waals surface area contributed by atoms with Gasteiger partial charge in [0.25, 0.3) is 11.8 Å². The Bertz CT molecular complexity index is 845. The Labute approximate surface area is 167 Å². The average molecular weight is 380 g/mol. The van der Waals surface area contributed by atoms with E-state index in [2.05, 4.69) is 38.0 Å². The minimum Gasteiger partial charge on any atom is -0.339 e. The van der Waals surface area contributed by atoms with Crippen LogP contribution in [0.15, 0.2) is 42.6 Å². The minimum absolute atomic E-state index is 0.0297. The van der Waals surface area contributed by atoms with Gasteiger partial charge in [-0.3, -0.25) is 14.6 Å². The van der Waals surface area contributed by atoms with Crippen LogP contribution in [0.25, 0.3) is 0 Å². The molecule has 2 aromatic rings. The fraction of sp³-hybridized carbons (Fsp3) is 0.435. The van der Waals surface area contributed by atoms with E-state index in [1.54, 1.807) is 12.1 Å². The number of rotatable bonds is 3. The van der Waals surface area contributed by atoms with Crippen LogP contribution in [0.4, 0.5) is 5.69 Å². The van der Waals surface area contributed by atoms with Gasteiger partial charge in [0.1, 0.15) is 5.69 Å². The molecule has 0 atom stereocenters. The first-order valence-corrected chi connectivity index (χ1v) is 9.91. The summed E-state index contributed by atoms with van der Waals surface area (Å²) in [4.78, 5) is 31.3. The molecular formula is C23H29N3O2. The predicted molar refractivity (Wildman–Crippen MR) is 112 cm³/mol. The van der Waals surface area contributed by atoms with Gasteiger partial charge >= 0.3 is 0 Å². The molecule has 1 fully saturated rings. The first-order valence-electron chi connectivity index (χ1n) is 9.91. The zero-order valence-corrected chi connectivity index (χ0v) is 17.2. The number of amides is 2. The number of carbonyl (C=O) groups excluding carboxylic acids is 2. The lowest BCUT2D eigenvalue weighted by atomic mass is 9.87. The van der Waals surface area contributed by atoms with Gasteiger partial charge in [0.05, 0.1) is 0 Å². The zero-order valence-electron chi connectivity index (χ0n) is 17.2. The lowest BCUT2D eigenvalue weighted by Gasteiger charge is -2.30. The summed E-state index contributed by atoms with van der Waals surface area (Å²) < 4.78 is 0. The van der Waals surface area contributed by atoms with Crippen LogP contribution in [0, 0.1) is 5.92 Å². The Balaban J connectivity index is 1.69. The molecule has 0 unspecified atom stereocenters. The Morgan fingerprint density at radius 3 is 2.32 bits per heavy atom. The number of benzene rings is 1. The second-order valence-corrected chi connectivity index (χ2v) is 8.69. The van der Waals surface area contributed by atoms with E-state index in [0.29, 0.717) is 17.2 Å². The Kier molecular flexibility index (Phi) is 5.82. The number of nitrogens with zero attached hydrogens (tertiary/aromatic N) is 2. The van der Waals surface area contributed by atoms with Crippen molar-refractivity contribution in [2.45, 2.75) is 46.0 Å². The van der Waals surface area contributed by atoms with Gasteiger partial charge in [0.15, 0.2) is 0 Å². The highest BCUT2D eigenvalue weighted by Gasteiger charge is 2.22. The molecule has 0 aliphatic carbocycles. The van der Waals surface area contributed by atoms with E-state index in [9.17, 15) is 9.59 Å². The van der Waals surface area contributed by atoms with Crippen molar-refractivity contribution in [2.24, 2.45) is 5.92 Å². The lowest BCUT2D eigenvalue weighted by Crippen LogP contribution is -2.38. The number of hydrogen-bond acceptors (Lipinski definition) is 3. The quantitative estimate of drug-likeness (QED) is 0.854. The Morgan fingerprint density at radius 1 is 1.07 bits per heavy atom. The van der Waals surface area contributed by atoms with Gasteiger partial charge in [-0.25, -0.2) is 0 Å². The summed E-state index contributed by atoms with van der Waals surface area (Å²) >= 11 is 0. The van der Waals surface area contributed by atoms with E-state index >= 15 is 0 Å². The van der Waals surface area contributed by atoms with Crippen molar-refractivity contribution in [1.82, 2.24) is 9.88 Å². The van der Waals surface area contributed by atoms with E-state index in [-0.39, 0.29) is 22.9 Å². The molecule has 5 heteroatoms. The number of pyridine rings is 1. The molecule has 5 nitrogen and oxygen atoms in total. The fourth-order valence-corrected chi connectivity index (χ4v) is 3.33. The summed E-state index contributed by atoms with van der Waals surface area (Å²) in [5.41, 5.74) is 2.73. The summed E-state index contributed by atoms with van der Waals surface area (Å²) in [6, 6.07) is 11.1. The fourth-order valence-electron chi connectivity index (χ4n) is 3.33. The number of hydrogen-bond donors (Lipinski definition) is 1. The standard InChI is InChI=1S/C23H29N3O2/c1-16-10-13-26(14-11-16)22(28)17-9-12-24-20(15-17)21(27)25-19-7-5-18(6-8-19)23(2,3)4/h5-9,12,15-16H,10-11,13-14H2,1-4H3,(H,25,27). The molecule has 3 rings (SSSR count). The van der Waals surface area contributed by atoms with E-state index < -0.39 is 0 Å². The van der Waals surface area contributed by atoms with Crippen molar-refractivity contribution in [3.63, 3.8) is 0 Å². The molecule has 1 aromatic heterocycles. The normalized spacial score (nSPS) is 15.4. The first kappa shape index (κ1) is 20.1. The molecule has 1 N–H and O–H groups in total. The number of piperidine rings is 1. The summed E-state index contributed by atoms with van der Waals surface area (Å²) in [5, 5.41) is 2.86. The molecule has 148 valence electrons. The van der Waals surface area contributed by atoms with Gasteiger partial charge in [0, 0.05) is 30.5 Å². The molecular weight excluding hydrogens is 350 g/mol. The van der Waals surface area contributed by atoms with Crippen molar-refractivity contribution in [1.29, 1.82) is 0 Å². The van der Waals surface area contributed by atoms with Crippen LogP contribution in [0.3, 0.4) is 0 Å². The van der Waals surface area contributed by atoms with Crippen LogP contribution in [0.1, 0.15) is 66.9 Å². The molecule has 1 saturated heterocycles. The number of anilines is 1. The zero-order chi connectivity index (χ0) is 20.3. The largest absolute Gasteiger partial charge is 0.339 e. The van der Waals surface area contributed by atoms with Crippen molar-refractivity contribution in [3.05, 3.63) is 59.4 Å². The summed E-state index contributed by atoms with van der Waals surface area (Å²) in [5.74, 6) is 0.316. The highest BCUT2D eigenvalue weighted by Crippen LogP contribution is 2.24. The molecule has 0 radical (unpaired) electrons. The van der Waals surface area contributed by atoms with E-state index in [0.717, 1.165) is 25.9 Å². The maximum absolute atomic E-state index is 12.7. The highest BCUT2D eigenvalue weighted by molar-refractivity contribution is 6.04. The number of likely N-dealkylation sites (tertiary alicyclic amines) is 1. The molecule has 0 saturated carbocycles. The molecule has 1 aliphatic heterocycles. The van der Waals surface area contributed by atoms with Crippen molar-refractivity contribution in [3.8, 4) is 0 Å². The SMILES string of the molecule is CC1CCN(C(=O)c2ccnc(C(=O)Nc3ccc(C(C)(C)C)cc3)c2)CC1. The smallest absolute Gasteiger partial charge is 0.274 e. The predicted octanol–water partition coefficient (Wildman–Crippen LogP) is 4.50. The van der Waals surface area contributed by atoms with Crippen LogP contribution < -0.4 is 5.32 Å².